The summed E-state index contributed by atoms with van der Waals surface area (Å²) in [6.45, 7) is 0. The third-order valence-electron chi connectivity index (χ3n) is 2.97. The first-order valence-corrected chi connectivity index (χ1v) is 6.75. The number of carboxylic acid groups (broad SMARTS) is 1. The van der Waals surface area contributed by atoms with Crippen molar-refractivity contribution < 1.29 is 9.90 Å². The van der Waals surface area contributed by atoms with Gasteiger partial charge in [0, 0.05) is 9.86 Å². The minimum absolute atomic E-state index is 0.130. The van der Waals surface area contributed by atoms with Gasteiger partial charge < -0.3 is 5.11 Å². The molecule has 1 heterocycles. The van der Waals surface area contributed by atoms with Gasteiger partial charge >= 0.3 is 5.97 Å². The van der Waals surface area contributed by atoms with E-state index in [4.69, 9.17) is 5.11 Å². The zero-order chi connectivity index (χ0) is 14.1. The van der Waals surface area contributed by atoms with Crippen LogP contribution in [0.3, 0.4) is 0 Å². The Labute approximate surface area is 123 Å². The fourth-order valence-corrected chi connectivity index (χ4v) is 2.58. The largest absolute Gasteiger partial charge is 0.481 e. The lowest BCUT2D eigenvalue weighted by atomic mass is 10.1. The number of rotatable bonds is 3. The van der Waals surface area contributed by atoms with Gasteiger partial charge in [-0.25, -0.2) is 4.68 Å². The van der Waals surface area contributed by atoms with Gasteiger partial charge in [0.15, 0.2) is 0 Å². The number of carboxylic acids is 1. The predicted molar refractivity (Wildman–Crippen MR) is 77.9 cm³/mol. The molecular formula is C14H10BrN3O2. The van der Waals surface area contributed by atoms with Crippen molar-refractivity contribution in [2.75, 3.05) is 0 Å². The number of benzene rings is 2. The highest BCUT2D eigenvalue weighted by atomic mass is 79.9. The second-order valence-electron chi connectivity index (χ2n) is 4.34. The van der Waals surface area contributed by atoms with E-state index >= 15 is 0 Å². The monoisotopic (exact) mass is 331 g/mol. The second-order valence-corrected chi connectivity index (χ2v) is 5.19. The first-order valence-electron chi connectivity index (χ1n) is 5.96. The van der Waals surface area contributed by atoms with Crippen LogP contribution >= 0.6 is 15.9 Å². The molecule has 2 aromatic carbocycles. The van der Waals surface area contributed by atoms with Gasteiger partial charge in [-0.15, -0.1) is 5.10 Å². The Balaban J connectivity index is 2.13. The molecule has 0 atom stereocenters. The normalized spacial score (nSPS) is 10.8. The molecule has 0 bridgehead atoms. The Bertz CT molecular complexity index is 798. The van der Waals surface area contributed by atoms with Gasteiger partial charge in [0.1, 0.15) is 0 Å². The predicted octanol–water partition coefficient (Wildman–Crippen LogP) is 2.81. The van der Waals surface area contributed by atoms with Crippen LogP contribution in [-0.2, 0) is 11.2 Å². The Morgan fingerprint density at radius 1 is 1.20 bits per heavy atom. The molecule has 0 spiro atoms. The molecule has 6 heteroatoms. The van der Waals surface area contributed by atoms with Crippen LogP contribution in [0, 0.1) is 0 Å². The number of fused-ring (bicyclic) bond motifs is 1. The van der Waals surface area contributed by atoms with E-state index in [9.17, 15) is 4.79 Å². The van der Waals surface area contributed by atoms with Crippen LogP contribution in [0.5, 0.6) is 0 Å². The number of hydrogen-bond donors (Lipinski definition) is 1. The highest BCUT2D eigenvalue weighted by Gasteiger charge is 2.10. The maximum Gasteiger partial charge on any atom is 0.309 e. The minimum atomic E-state index is -0.919. The number of aliphatic carboxylic acids is 1. The van der Waals surface area contributed by atoms with Crippen LogP contribution in [0.15, 0.2) is 47.1 Å². The first-order chi connectivity index (χ1) is 9.65. The fraction of sp³-hybridized carbons (Fsp3) is 0.0714. The number of carbonyl (C=O) groups is 1. The van der Waals surface area contributed by atoms with Crippen LogP contribution < -0.4 is 0 Å². The summed E-state index contributed by atoms with van der Waals surface area (Å²) in [7, 11) is 0. The van der Waals surface area contributed by atoms with E-state index in [0.717, 1.165) is 20.9 Å². The molecule has 0 amide bonds. The Hall–Kier alpha value is -2.21. The van der Waals surface area contributed by atoms with Crippen molar-refractivity contribution in [2.24, 2.45) is 0 Å². The molecule has 0 aliphatic rings. The molecule has 0 saturated heterocycles. The molecule has 0 aliphatic carbocycles. The molecule has 5 nitrogen and oxygen atoms in total. The average Bonchev–Trinajstić information content (AvgIpc) is 2.87. The molecule has 0 saturated carbocycles. The quantitative estimate of drug-likeness (QED) is 0.801. The van der Waals surface area contributed by atoms with Crippen LogP contribution in [-0.4, -0.2) is 26.1 Å². The molecule has 0 aliphatic heterocycles. The molecule has 100 valence electrons. The molecular weight excluding hydrogens is 322 g/mol. The lowest BCUT2D eigenvalue weighted by Crippen LogP contribution is -2.00. The topological polar surface area (TPSA) is 68.0 Å². The zero-order valence-corrected chi connectivity index (χ0v) is 11.9. The highest BCUT2D eigenvalue weighted by molar-refractivity contribution is 9.10. The van der Waals surface area contributed by atoms with E-state index in [1.807, 2.05) is 36.4 Å². The second kappa shape index (κ2) is 5.05. The fourth-order valence-electron chi connectivity index (χ4n) is 2.10. The van der Waals surface area contributed by atoms with Crippen molar-refractivity contribution in [2.45, 2.75) is 6.42 Å². The van der Waals surface area contributed by atoms with Crippen LogP contribution in [0.4, 0.5) is 0 Å². The minimum Gasteiger partial charge on any atom is -0.481 e. The third kappa shape index (κ3) is 2.30. The number of hydrogen-bond acceptors (Lipinski definition) is 3. The molecule has 3 rings (SSSR count). The van der Waals surface area contributed by atoms with E-state index in [1.54, 1.807) is 10.9 Å². The van der Waals surface area contributed by atoms with Crippen LogP contribution in [0.2, 0.25) is 0 Å². The SMILES string of the molecule is O=C(O)Cc1cn(-c2ccc(Br)c3ccccc23)nn1. The van der Waals surface area contributed by atoms with Crippen LogP contribution in [0.25, 0.3) is 16.5 Å². The van der Waals surface area contributed by atoms with Crippen molar-refractivity contribution in [3.8, 4) is 5.69 Å². The number of nitrogens with zero attached hydrogens (tertiary/aromatic N) is 3. The molecule has 1 aromatic heterocycles. The van der Waals surface area contributed by atoms with Gasteiger partial charge in [-0.05, 0) is 17.5 Å². The van der Waals surface area contributed by atoms with E-state index in [-0.39, 0.29) is 6.42 Å². The summed E-state index contributed by atoms with van der Waals surface area (Å²) in [5.74, 6) is -0.919. The molecule has 0 unspecified atom stereocenters. The number of halogens is 1. The molecule has 3 aromatic rings. The summed E-state index contributed by atoms with van der Waals surface area (Å²) in [6.07, 6.45) is 1.51. The van der Waals surface area contributed by atoms with Crippen molar-refractivity contribution in [3.05, 3.63) is 52.8 Å². The Morgan fingerprint density at radius 3 is 2.70 bits per heavy atom. The van der Waals surface area contributed by atoms with Gasteiger partial charge in [0.25, 0.3) is 0 Å². The van der Waals surface area contributed by atoms with Gasteiger partial charge in [0.05, 0.1) is 24.0 Å². The smallest absolute Gasteiger partial charge is 0.309 e. The Morgan fingerprint density at radius 2 is 1.95 bits per heavy atom. The van der Waals surface area contributed by atoms with Gasteiger partial charge in [-0.2, -0.15) is 0 Å². The molecule has 0 radical (unpaired) electrons. The Kier molecular flexibility index (Phi) is 3.23. The molecule has 1 N–H and O–H groups in total. The van der Waals surface area contributed by atoms with E-state index in [2.05, 4.69) is 26.2 Å². The van der Waals surface area contributed by atoms with E-state index < -0.39 is 5.97 Å². The summed E-state index contributed by atoms with van der Waals surface area (Å²) < 4.78 is 2.61. The summed E-state index contributed by atoms with van der Waals surface area (Å²) in [4.78, 5) is 10.7. The lowest BCUT2D eigenvalue weighted by Gasteiger charge is -2.07. The maximum absolute atomic E-state index is 10.7. The summed E-state index contributed by atoms with van der Waals surface area (Å²) in [5.41, 5.74) is 1.30. The third-order valence-corrected chi connectivity index (χ3v) is 3.66. The first kappa shape index (κ1) is 12.8. The van der Waals surface area contributed by atoms with Gasteiger partial charge in [0.2, 0.25) is 0 Å². The summed E-state index contributed by atoms with van der Waals surface area (Å²) in [6, 6.07) is 11.8. The summed E-state index contributed by atoms with van der Waals surface area (Å²) >= 11 is 3.52. The van der Waals surface area contributed by atoms with Crippen molar-refractivity contribution >= 4 is 32.7 Å². The summed E-state index contributed by atoms with van der Waals surface area (Å²) in [5, 5.41) is 18.8. The standard InChI is InChI=1S/C14H10BrN3O2/c15-12-5-6-13(11-4-2-1-3-10(11)12)18-8-9(16-17-18)7-14(19)20/h1-6,8H,7H2,(H,19,20). The number of aromatic nitrogens is 3. The van der Waals surface area contributed by atoms with E-state index in [1.165, 1.54) is 0 Å². The van der Waals surface area contributed by atoms with Crippen LogP contribution in [0.1, 0.15) is 5.69 Å². The average molecular weight is 332 g/mol. The van der Waals surface area contributed by atoms with Gasteiger partial charge in [-0.3, -0.25) is 4.79 Å². The lowest BCUT2D eigenvalue weighted by molar-refractivity contribution is -0.136. The maximum atomic E-state index is 10.7. The highest BCUT2D eigenvalue weighted by Crippen LogP contribution is 2.28. The van der Waals surface area contributed by atoms with Crippen molar-refractivity contribution in [3.63, 3.8) is 0 Å². The molecule has 20 heavy (non-hydrogen) atoms. The zero-order valence-electron chi connectivity index (χ0n) is 10.3. The molecule has 0 fully saturated rings. The van der Waals surface area contributed by atoms with Crippen molar-refractivity contribution in [1.29, 1.82) is 0 Å². The van der Waals surface area contributed by atoms with Gasteiger partial charge in [-0.1, -0.05) is 45.4 Å². The van der Waals surface area contributed by atoms with E-state index in [0.29, 0.717) is 5.69 Å². The van der Waals surface area contributed by atoms with Crippen molar-refractivity contribution in [1.82, 2.24) is 15.0 Å².